The number of halogens is 1. The molecule has 0 radical (unpaired) electrons. The highest BCUT2D eigenvalue weighted by Gasteiger charge is 2.17. The number of hydrogen-bond donors (Lipinski definition) is 0. The van der Waals surface area contributed by atoms with Crippen molar-refractivity contribution in [3.63, 3.8) is 0 Å². The zero-order valence-electron chi connectivity index (χ0n) is 20.0. The molecule has 1 heterocycles. The number of hydrogen-bond acceptors (Lipinski definition) is 4. The average Bonchev–Trinajstić information content (AvgIpc) is 3.32. The summed E-state index contributed by atoms with van der Waals surface area (Å²) in [4.78, 5) is 10.5. The third kappa shape index (κ3) is 7.08. The Morgan fingerprint density at radius 1 is 1.00 bits per heavy atom. The predicted octanol–water partition coefficient (Wildman–Crippen LogP) is 5.13. The molecule has 4 rings (SSSR count). The molecule has 33 heavy (non-hydrogen) atoms. The topological polar surface area (TPSA) is 19.0 Å². The molecule has 0 atom stereocenters. The summed E-state index contributed by atoms with van der Waals surface area (Å²) < 4.78 is 13.5. The van der Waals surface area contributed by atoms with E-state index in [4.69, 9.17) is 4.84 Å². The number of nitrogens with zero attached hydrogens (tertiary/aromatic N) is 3. The second-order valence-corrected chi connectivity index (χ2v) is 9.35. The highest BCUT2D eigenvalue weighted by molar-refractivity contribution is 5.77. The van der Waals surface area contributed by atoms with Gasteiger partial charge < -0.3 is 4.90 Å². The highest BCUT2D eigenvalue weighted by Crippen LogP contribution is 2.29. The molecule has 2 aromatic rings. The van der Waals surface area contributed by atoms with Crippen LogP contribution in [0.2, 0.25) is 0 Å². The van der Waals surface area contributed by atoms with E-state index in [1.165, 1.54) is 22.3 Å². The van der Waals surface area contributed by atoms with Gasteiger partial charge in [-0.25, -0.2) is 4.39 Å². The largest absolute Gasteiger partial charge is 0.308 e. The van der Waals surface area contributed by atoms with Crippen molar-refractivity contribution in [2.75, 3.05) is 46.9 Å². The van der Waals surface area contributed by atoms with Gasteiger partial charge >= 0.3 is 0 Å². The van der Waals surface area contributed by atoms with Crippen LogP contribution in [0, 0.1) is 5.82 Å². The first kappa shape index (κ1) is 23.8. The Labute approximate surface area is 197 Å². The minimum absolute atomic E-state index is 0.187. The van der Waals surface area contributed by atoms with Crippen LogP contribution in [-0.4, -0.2) is 61.7 Å². The Bertz CT molecular complexity index is 961. The van der Waals surface area contributed by atoms with Crippen molar-refractivity contribution in [1.29, 1.82) is 0 Å². The van der Waals surface area contributed by atoms with Crippen molar-refractivity contribution in [2.45, 2.75) is 32.4 Å². The lowest BCUT2D eigenvalue weighted by atomic mass is 9.92. The van der Waals surface area contributed by atoms with Crippen molar-refractivity contribution >= 4 is 5.57 Å². The molecule has 0 amide bonds. The molecular formula is C28H36FN3O. The van der Waals surface area contributed by atoms with Crippen molar-refractivity contribution in [1.82, 2.24) is 14.9 Å². The molecular weight excluding hydrogens is 413 g/mol. The van der Waals surface area contributed by atoms with E-state index in [-0.39, 0.29) is 5.82 Å². The van der Waals surface area contributed by atoms with E-state index in [0.29, 0.717) is 0 Å². The molecule has 1 saturated heterocycles. The highest BCUT2D eigenvalue weighted by atomic mass is 19.1. The van der Waals surface area contributed by atoms with Crippen LogP contribution in [0.1, 0.15) is 36.0 Å². The number of rotatable bonds is 10. The first-order valence-corrected chi connectivity index (χ1v) is 12.0. The van der Waals surface area contributed by atoms with E-state index >= 15 is 0 Å². The third-order valence-corrected chi connectivity index (χ3v) is 6.29. The Morgan fingerprint density at radius 2 is 1.82 bits per heavy atom. The summed E-state index contributed by atoms with van der Waals surface area (Å²) in [5.74, 6) is -0.187. The summed E-state index contributed by atoms with van der Waals surface area (Å²) in [6.07, 6.45) is 7.67. The first-order valence-electron chi connectivity index (χ1n) is 12.0. The van der Waals surface area contributed by atoms with E-state index < -0.39 is 0 Å². The van der Waals surface area contributed by atoms with Crippen LogP contribution in [0.25, 0.3) is 5.57 Å². The normalized spacial score (nSPS) is 17.0. The van der Waals surface area contributed by atoms with Gasteiger partial charge in [-0.2, -0.15) is 5.06 Å². The van der Waals surface area contributed by atoms with Crippen LogP contribution >= 0.6 is 0 Å². The van der Waals surface area contributed by atoms with Crippen molar-refractivity contribution in [2.24, 2.45) is 0 Å². The molecule has 0 aromatic heterocycles. The van der Waals surface area contributed by atoms with E-state index in [9.17, 15) is 4.39 Å². The fraction of sp³-hybridized carbons (Fsp3) is 0.429. The molecule has 1 aliphatic carbocycles. The maximum absolute atomic E-state index is 13.5. The monoisotopic (exact) mass is 449 g/mol. The predicted molar refractivity (Wildman–Crippen MR) is 133 cm³/mol. The minimum atomic E-state index is -0.187. The lowest BCUT2D eigenvalue weighted by Crippen LogP contribution is -2.33. The van der Waals surface area contributed by atoms with Gasteiger partial charge in [0.15, 0.2) is 0 Å². The average molecular weight is 450 g/mol. The smallest absolute Gasteiger partial charge is 0.123 e. The van der Waals surface area contributed by atoms with Gasteiger partial charge in [0.2, 0.25) is 0 Å². The molecule has 2 aliphatic rings. The number of benzene rings is 2. The zero-order chi connectivity index (χ0) is 23.0. The lowest BCUT2D eigenvalue weighted by Gasteiger charge is -2.28. The summed E-state index contributed by atoms with van der Waals surface area (Å²) in [6.45, 7) is 6.52. The molecule has 176 valence electrons. The molecule has 4 nitrogen and oxygen atoms in total. The maximum Gasteiger partial charge on any atom is 0.123 e. The second-order valence-electron chi connectivity index (χ2n) is 9.35. The number of allylic oxidation sites excluding steroid dienone is 3. The maximum atomic E-state index is 13.5. The van der Waals surface area contributed by atoms with E-state index in [2.05, 4.69) is 65.4 Å². The molecule has 0 spiro atoms. The number of hydroxylamine groups is 2. The molecule has 0 unspecified atom stereocenters. The Hall–Kier alpha value is -2.31. The Kier molecular flexibility index (Phi) is 8.46. The van der Waals surface area contributed by atoms with Crippen molar-refractivity contribution < 1.29 is 9.23 Å². The van der Waals surface area contributed by atoms with E-state index in [0.717, 1.165) is 70.7 Å². The van der Waals surface area contributed by atoms with Crippen LogP contribution in [0.4, 0.5) is 4.39 Å². The molecule has 0 N–H and O–H groups in total. The van der Waals surface area contributed by atoms with Gasteiger partial charge in [0, 0.05) is 39.3 Å². The lowest BCUT2D eigenvalue weighted by molar-refractivity contribution is -0.117. The van der Waals surface area contributed by atoms with Crippen molar-refractivity contribution in [3.8, 4) is 0 Å². The Balaban J connectivity index is 1.51. The van der Waals surface area contributed by atoms with Gasteiger partial charge in [-0.1, -0.05) is 48.6 Å². The third-order valence-electron chi connectivity index (χ3n) is 6.29. The van der Waals surface area contributed by atoms with Crippen LogP contribution in [-0.2, 0) is 17.9 Å². The van der Waals surface area contributed by atoms with Crippen LogP contribution in [0.5, 0.6) is 0 Å². The second kappa shape index (κ2) is 11.7. The molecule has 0 bridgehead atoms. The van der Waals surface area contributed by atoms with Gasteiger partial charge in [-0.3, -0.25) is 9.74 Å². The summed E-state index contributed by atoms with van der Waals surface area (Å²) in [6, 6.07) is 15.8. The zero-order valence-corrected chi connectivity index (χ0v) is 20.0. The van der Waals surface area contributed by atoms with Crippen molar-refractivity contribution in [3.05, 3.63) is 88.8 Å². The molecule has 1 aliphatic heterocycles. The Morgan fingerprint density at radius 3 is 2.58 bits per heavy atom. The molecule has 0 saturated carbocycles. The summed E-state index contributed by atoms with van der Waals surface area (Å²) in [7, 11) is 4.25. The number of likely N-dealkylation sites (N-methyl/N-ethyl adjacent to an activating group) is 1. The summed E-state index contributed by atoms with van der Waals surface area (Å²) in [5, 5.41) is 2.07. The van der Waals surface area contributed by atoms with Crippen LogP contribution in [0.15, 0.2) is 66.3 Å². The fourth-order valence-electron chi connectivity index (χ4n) is 4.54. The minimum Gasteiger partial charge on any atom is -0.308 e. The SMILES string of the molecule is CN(C)CCN(CC1=C(c2ccc(F)cc2)C=CCC1)Cc1cccc(CN2CCCO2)c1. The van der Waals surface area contributed by atoms with Gasteiger partial charge in [-0.05, 0) is 73.3 Å². The summed E-state index contributed by atoms with van der Waals surface area (Å²) in [5.41, 5.74) is 6.41. The van der Waals surface area contributed by atoms with Gasteiger partial charge in [0.1, 0.15) is 5.82 Å². The fourth-order valence-corrected chi connectivity index (χ4v) is 4.54. The quantitative estimate of drug-likeness (QED) is 0.500. The van der Waals surface area contributed by atoms with Gasteiger partial charge in [0.25, 0.3) is 0 Å². The standard InChI is InChI=1S/C28H36FN3O/c1-30(2)16-17-31(20-23-7-5-8-24(19-23)21-32-15-6-18-33-32)22-26-9-3-4-10-28(26)25-11-13-27(29)14-12-25/h4-5,7-8,10-14,19H,3,6,9,15-18,20-22H2,1-2H3. The van der Waals surface area contributed by atoms with Crippen LogP contribution < -0.4 is 0 Å². The van der Waals surface area contributed by atoms with Gasteiger partial charge in [-0.15, -0.1) is 0 Å². The first-order chi connectivity index (χ1) is 16.1. The summed E-state index contributed by atoms with van der Waals surface area (Å²) >= 11 is 0. The van der Waals surface area contributed by atoms with Crippen LogP contribution in [0.3, 0.4) is 0 Å². The van der Waals surface area contributed by atoms with E-state index in [1.807, 2.05) is 12.1 Å². The molecule has 2 aromatic carbocycles. The van der Waals surface area contributed by atoms with Gasteiger partial charge in [0.05, 0.1) is 6.61 Å². The van der Waals surface area contributed by atoms with E-state index in [1.54, 1.807) is 12.1 Å². The molecule has 1 fully saturated rings. The molecule has 5 heteroatoms.